The van der Waals surface area contributed by atoms with Crippen LogP contribution in [0.4, 0.5) is 5.82 Å². The summed E-state index contributed by atoms with van der Waals surface area (Å²) >= 11 is 0. The molecule has 2 aliphatic rings. The Hall–Kier alpha value is -3.83. The van der Waals surface area contributed by atoms with Crippen molar-refractivity contribution >= 4 is 37.6 Å². The maximum atomic E-state index is 14.2. The minimum absolute atomic E-state index is 0.00731. The number of hydrogen-bond donors (Lipinski definition) is 2. The summed E-state index contributed by atoms with van der Waals surface area (Å²) in [5, 5.41) is 1.71. The van der Waals surface area contributed by atoms with Gasteiger partial charge in [-0.25, -0.2) is 22.8 Å². The zero-order chi connectivity index (χ0) is 26.4. The normalized spacial score (nSPS) is 18.3. The average molecular weight is 541 g/mol. The molecule has 5 aromatic rings. The number of hydrogen-bond acceptors (Lipinski definition) is 8. The highest BCUT2D eigenvalue weighted by Crippen LogP contribution is 2.39. The predicted molar refractivity (Wildman–Crippen MR) is 151 cm³/mol. The lowest BCUT2D eigenvalue weighted by Crippen LogP contribution is -2.36. The molecule has 2 aliphatic heterocycles. The van der Waals surface area contributed by atoms with Crippen molar-refractivity contribution in [3.05, 3.63) is 84.7 Å². The highest BCUT2D eigenvalue weighted by molar-refractivity contribution is 7.90. The maximum Gasteiger partial charge on any atom is 0.268 e. The molecule has 3 aromatic heterocycles. The molecule has 10 heteroatoms. The highest BCUT2D eigenvalue weighted by Gasteiger charge is 2.28. The summed E-state index contributed by atoms with van der Waals surface area (Å²) in [5.74, 6) is 0.787. The number of benzene rings is 2. The molecule has 0 spiro atoms. The Morgan fingerprint density at radius 2 is 1.74 bits per heavy atom. The van der Waals surface area contributed by atoms with Crippen molar-refractivity contribution in [2.75, 3.05) is 37.7 Å². The zero-order valence-electron chi connectivity index (χ0n) is 21.2. The lowest BCUT2D eigenvalue weighted by atomic mass is 10.0. The van der Waals surface area contributed by atoms with Gasteiger partial charge in [0.1, 0.15) is 5.82 Å². The van der Waals surface area contributed by atoms with Gasteiger partial charge in [-0.2, -0.15) is 0 Å². The van der Waals surface area contributed by atoms with E-state index >= 15 is 0 Å². The van der Waals surface area contributed by atoms with Gasteiger partial charge in [0.25, 0.3) is 10.0 Å². The van der Waals surface area contributed by atoms with Crippen molar-refractivity contribution in [2.24, 2.45) is 0 Å². The van der Waals surface area contributed by atoms with Crippen LogP contribution in [0.25, 0.3) is 33.1 Å². The van der Waals surface area contributed by atoms with E-state index in [9.17, 15) is 8.42 Å². The molecule has 0 bridgehead atoms. The van der Waals surface area contributed by atoms with Crippen molar-refractivity contribution in [3.8, 4) is 11.3 Å². The topological polar surface area (TPSA) is 101 Å². The van der Waals surface area contributed by atoms with Crippen molar-refractivity contribution in [2.45, 2.75) is 17.4 Å². The second-order valence-corrected chi connectivity index (χ2v) is 11.6. The molecule has 39 heavy (non-hydrogen) atoms. The van der Waals surface area contributed by atoms with Crippen LogP contribution in [0.15, 0.2) is 83.9 Å². The van der Waals surface area contributed by atoms with Crippen LogP contribution < -0.4 is 15.8 Å². The van der Waals surface area contributed by atoms with Crippen LogP contribution >= 0.6 is 0 Å². The standard InChI is InChI=1S/C29H28N6O3S/c36-39(37,21-7-2-1-3-8-21)35-25-9-5-4-6-20(25)18-26(35)23-19-27(34-14-16-38-17-15-34)32-28-22(23)10-12-30-29(28)24-11-13-31-33-24/h1-10,12,18-19,24,31,33H,11,13-17H2. The first-order chi connectivity index (χ1) is 19.1. The van der Waals surface area contributed by atoms with Gasteiger partial charge in [-0.15, -0.1) is 0 Å². The van der Waals surface area contributed by atoms with Gasteiger partial charge in [-0.05, 0) is 42.8 Å². The molecule has 0 aliphatic carbocycles. The van der Waals surface area contributed by atoms with Gasteiger partial charge in [0.15, 0.2) is 0 Å². The minimum atomic E-state index is -3.91. The fourth-order valence-corrected chi connectivity index (χ4v) is 7.09. The van der Waals surface area contributed by atoms with E-state index in [2.05, 4.69) is 15.8 Å². The Balaban J connectivity index is 1.54. The fourth-order valence-electron chi connectivity index (χ4n) is 5.54. The Bertz CT molecular complexity index is 1780. The minimum Gasteiger partial charge on any atom is -0.378 e. The van der Waals surface area contributed by atoms with Crippen LogP contribution in [0.2, 0.25) is 0 Å². The Morgan fingerprint density at radius 1 is 0.949 bits per heavy atom. The Kier molecular flexibility index (Phi) is 6.04. The molecule has 0 radical (unpaired) electrons. The summed E-state index contributed by atoms with van der Waals surface area (Å²) in [6.07, 6.45) is 2.67. The number of pyridine rings is 2. The number of anilines is 1. The molecule has 1 atom stereocenters. The van der Waals surface area contributed by atoms with Gasteiger partial charge < -0.3 is 9.64 Å². The van der Waals surface area contributed by atoms with E-state index in [0.29, 0.717) is 37.5 Å². The highest BCUT2D eigenvalue weighted by atomic mass is 32.2. The van der Waals surface area contributed by atoms with Gasteiger partial charge in [0.2, 0.25) is 0 Å². The Morgan fingerprint density at radius 3 is 2.54 bits per heavy atom. The first-order valence-corrected chi connectivity index (χ1v) is 14.6. The lowest BCUT2D eigenvalue weighted by molar-refractivity contribution is 0.122. The molecule has 7 rings (SSSR count). The predicted octanol–water partition coefficient (Wildman–Crippen LogP) is 3.86. The van der Waals surface area contributed by atoms with Gasteiger partial charge in [0, 0.05) is 42.2 Å². The van der Waals surface area contributed by atoms with Crippen LogP contribution in [-0.4, -0.2) is 55.2 Å². The quantitative estimate of drug-likeness (QED) is 0.347. The van der Waals surface area contributed by atoms with Gasteiger partial charge in [-0.3, -0.25) is 10.4 Å². The number of morpholine rings is 1. The molecular formula is C29H28N6O3S. The molecular weight excluding hydrogens is 512 g/mol. The third kappa shape index (κ3) is 4.16. The molecule has 2 N–H and O–H groups in total. The summed E-state index contributed by atoms with van der Waals surface area (Å²) in [7, 11) is -3.91. The second kappa shape index (κ2) is 9.73. The summed E-state index contributed by atoms with van der Waals surface area (Å²) in [6.45, 7) is 3.49. The number of nitrogens with one attached hydrogen (secondary N) is 2. The molecule has 1 unspecified atom stereocenters. The smallest absolute Gasteiger partial charge is 0.268 e. The van der Waals surface area contributed by atoms with E-state index in [4.69, 9.17) is 14.7 Å². The maximum absolute atomic E-state index is 14.2. The largest absolute Gasteiger partial charge is 0.378 e. The molecule has 2 aromatic carbocycles. The zero-order valence-corrected chi connectivity index (χ0v) is 22.1. The van der Waals surface area contributed by atoms with Crippen LogP contribution in [0.5, 0.6) is 0 Å². The summed E-state index contributed by atoms with van der Waals surface area (Å²) in [5.41, 5.74) is 10.2. The molecule has 2 saturated heterocycles. The number of rotatable bonds is 5. The summed E-state index contributed by atoms with van der Waals surface area (Å²) in [6, 6.07) is 22.1. The SMILES string of the molecule is O=S(=O)(c1ccccc1)n1c(-c2cc(N3CCOCC3)nc3c(C4CCNN4)nccc23)cc2ccccc21. The first-order valence-electron chi connectivity index (χ1n) is 13.1. The van der Waals surface area contributed by atoms with E-state index in [0.717, 1.165) is 46.3 Å². The van der Waals surface area contributed by atoms with Crippen molar-refractivity contribution in [3.63, 3.8) is 0 Å². The van der Waals surface area contributed by atoms with E-state index < -0.39 is 10.0 Å². The van der Waals surface area contributed by atoms with Gasteiger partial charge in [0.05, 0.1) is 46.6 Å². The van der Waals surface area contributed by atoms with Crippen LogP contribution in [0.1, 0.15) is 18.2 Å². The summed E-state index contributed by atoms with van der Waals surface area (Å²) in [4.78, 5) is 12.3. The average Bonchev–Trinajstić information content (AvgIpc) is 3.66. The second-order valence-electron chi connectivity index (χ2n) is 9.80. The van der Waals surface area contributed by atoms with Crippen molar-refractivity contribution in [1.82, 2.24) is 24.8 Å². The number of nitrogens with zero attached hydrogens (tertiary/aromatic N) is 4. The van der Waals surface area contributed by atoms with Crippen LogP contribution in [0, 0.1) is 0 Å². The van der Waals surface area contributed by atoms with Crippen molar-refractivity contribution < 1.29 is 13.2 Å². The van der Waals surface area contributed by atoms with E-state index in [1.807, 2.05) is 48.5 Å². The third-order valence-electron chi connectivity index (χ3n) is 7.47. The fraction of sp³-hybridized carbons (Fsp3) is 0.241. The molecule has 0 saturated carbocycles. The number of hydrazine groups is 1. The first kappa shape index (κ1) is 24.2. The number of aromatic nitrogens is 3. The van der Waals surface area contributed by atoms with Crippen molar-refractivity contribution in [1.29, 1.82) is 0 Å². The van der Waals surface area contributed by atoms with E-state index in [1.54, 1.807) is 30.5 Å². The third-order valence-corrected chi connectivity index (χ3v) is 9.21. The molecule has 198 valence electrons. The summed E-state index contributed by atoms with van der Waals surface area (Å²) < 4.78 is 35.5. The van der Waals surface area contributed by atoms with Gasteiger partial charge in [-0.1, -0.05) is 36.4 Å². The monoisotopic (exact) mass is 540 g/mol. The number of para-hydroxylation sites is 1. The molecule has 5 heterocycles. The molecule has 2 fully saturated rings. The van der Waals surface area contributed by atoms with Crippen LogP contribution in [0.3, 0.4) is 0 Å². The molecule has 0 amide bonds. The van der Waals surface area contributed by atoms with Crippen LogP contribution in [-0.2, 0) is 14.8 Å². The van der Waals surface area contributed by atoms with Gasteiger partial charge >= 0.3 is 0 Å². The Labute approximate surface area is 226 Å². The molecule has 9 nitrogen and oxygen atoms in total. The number of ether oxygens (including phenoxy) is 1. The van der Waals surface area contributed by atoms with E-state index in [-0.39, 0.29) is 10.9 Å². The van der Waals surface area contributed by atoms with E-state index in [1.165, 1.54) is 3.97 Å². The number of fused-ring (bicyclic) bond motifs is 2. The lowest BCUT2D eigenvalue weighted by Gasteiger charge is -2.29.